The number of likely N-dealkylation sites (N-methyl/N-ethyl adjacent to an activating group) is 2. The highest BCUT2D eigenvalue weighted by Crippen LogP contribution is 2.20. The molecule has 244 valence electrons. The summed E-state index contributed by atoms with van der Waals surface area (Å²) < 4.78 is 0. The fraction of sp³-hybridized carbons (Fsp3) is 0.229. The van der Waals surface area contributed by atoms with Gasteiger partial charge in [-0.1, -0.05) is 31.7 Å². The molecule has 0 unspecified atom stereocenters. The van der Waals surface area contributed by atoms with Crippen LogP contribution in [0.3, 0.4) is 0 Å². The van der Waals surface area contributed by atoms with E-state index in [1.54, 1.807) is 83.8 Å². The van der Waals surface area contributed by atoms with Gasteiger partial charge in [-0.3, -0.25) is 9.78 Å². The predicted octanol–water partition coefficient (Wildman–Crippen LogP) is 4.53. The Hall–Kier alpha value is -6.51. The molecule has 2 N–H and O–H groups in total. The zero-order valence-electron chi connectivity index (χ0n) is 25.9. The van der Waals surface area contributed by atoms with Gasteiger partial charge in [-0.05, 0) is 35.9 Å². The van der Waals surface area contributed by atoms with Crippen LogP contribution in [0.15, 0.2) is 73.3 Å². The highest BCUT2D eigenvalue weighted by Gasteiger charge is 2.05. The van der Waals surface area contributed by atoms with Gasteiger partial charge in [0.25, 0.3) is 0 Å². The number of hydrogen-bond acceptors (Lipinski definition) is 11. The van der Waals surface area contributed by atoms with E-state index in [0.29, 0.717) is 65.8 Å². The van der Waals surface area contributed by atoms with E-state index in [4.69, 9.17) is 33.9 Å². The first kappa shape index (κ1) is 39.5. The Kier molecular flexibility index (Phi) is 18.2. The Balaban J connectivity index is 0.000000391. The fourth-order valence-electron chi connectivity index (χ4n) is 3.53. The number of anilines is 2. The fourth-order valence-corrected chi connectivity index (χ4v) is 3.53. The van der Waals surface area contributed by atoms with Crippen LogP contribution in [0.4, 0.5) is 11.6 Å². The molecule has 0 radical (unpaired) electrons. The second kappa shape index (κ2) is 22.1. The molecular formula is C35H36N10O3. The molecule has 0 bridgehead atoms. The van der Waals surface area contributed by atoms with Gasteiger partial charge in [0.15, 0.2) is 12.0 Å². The van der Waals surface area contributed by atoms with E-state index >= 15 is 0 Å². The van der Waals surface area contributed by atoms with Gasteiger partial charge in [0.1, 0.15) is 17.3 Å². The third kappa shape index (κ3) is 13.2. The van der Waals surface area contributed by atoms with Crippen LogP contribution in [0.2, 0.25) is 0 Å². The molecule has 0 aliphatic rings. The minimum atomic E-state index is 0. The molecule has 0 amide bonds. The number of benzene rings is 2. The first-order valence-electron chi connectivity index (χ1n) is 14.0. The van der Waals surface area contributed by atoms with E-state index in [1.165, 1.54) is 12.4 Å². The molecule has 13 nitrogen and oxygen atoms in total. The lowest BCUT2D eigenvalue weighted by Crippen LogP contribution is -2.22. The summed E-state index contributed by atoms with van der Waals surface area (Å²) in [5.41, 5.74) is 4.18. The molecular weight excluding hydrogens is 608 g/mol. The van der Waals surface area contributed by atoms with Crippen molar-refractivity contribution in [1.82, 2.24) is 19.9 Å². The second-order valence-electron chi connectivity index (χ2n) is 9.46. The summed E-state index contributed by atoms with van der Waals surface area (Å²) in [6, 6.07) is 17.9. The van der Waals surface area contributed by atoms with Crippen molar-refractivity contribution < 1.29 is 15.0 Å². The normalized spacial score (nSPS) is 9.62. The molecule has 4 rings (SSSR count). The number of rotatable bonds is 10. The number of aliphatic hydroxyl groups excluding tert-OH is 2. The highest BCUT2D eigenvalue weighted by atomic mass is 16.3. The van der Waals surface area contributed by atoms with E-state index in [-0.39, 0.29) is 20.6 Å². The minimum absolute atomic E-state index is 0. The topological polar surface area (TPSA) is 172 Å². The molecule has 48 heavy (non-hydrogen) atoms. The zero-order chi connectivity index (χ0) is 34.4. The molecule has 0 saturated carbocycles. The third-order valence-electron chi connectivity index (χ3n) is 6.15. The molecule has 2 heterocycles. The smallest absolute Gasteiger partial charge is 0.239 e. The Morgan fingerprint density at radius 2 is 1.27 bits per heavy atom. The maximum absolute atomic E-state index is 10.3. The largest absolute Gasteiger partial charge is 0.395 e. The first-order chi connectivity index (χ1) is 22.8. The van der Waals surface area contributed by atoms with Crippen molar-refractivity contribution >= 4 is 29.7 Å². The SMILES string of the molecule is C.CN(CCO)c1cnc(C=O)cn1.[C-]#[N+]/C(=C\c1cnc(N(C)CCO)cn1)c1ccc(C#N)cc1.[C-]#[N+]Cc1ccc(C#N)cc1. The van der Waals surface area contributed by atoms with Gasteiger partial charge in [-0.15, -0.1) is 0 Å². The number of hydrogen-bond donors (Lipinski definition) is 2. The van der Waals surface area contributed by atoms with Crippen molar-refractivity contribution in [2.75, 3.05) is 50.2 Å². The van der Waals surface area contributed by atoms with Crippen molar-refractivity contribution in [3.63, 3.8) is 0 Å². The maximum atomic E-state index is 10.3. The lowest BCUT2D eigenvalue weighted by molar-refractivity contribution is 0.111. The van der Waals surface area contributed by atoms with Gasteiger partial charge in [0.2, 0.25) is 6.54 Å². The first-order valence-corrected chi connectivity index (χ1v) is 14.0. The Bertz CT molecular complexity index is 1750. The van der Waals surface area contributed by atoms with Gasteiger partial charge in [-0.2, -0.15) is 10.5 Å². The van der Waals surface area contributed by atoms with E-state index in [2.05, 4.69) is 29.6 Å². The van der Waals surface area contributed by atoms with Crippen molar-refractivity contribution in [1.29, 1.82) is 10.5 Å². The summed E-state index contributed by atoms with van der Waals surface area (Å²) in [5, 5.41) is 34.8. The maximum Gasteiger partial charge on any atom is 0.239 e. The predicted molar refractivity (Wildman–Crippen MR) is 184 cm³/mol. The van der Waals surface area contributed by atoms with Gasteiger partial charge < -0.3 is 24.9 Å². The van der Waals surface area contributed by atoms with Gasteiger partial charge >= 0.3 is 0 Å². The summed E-state index contributed by atoms with van der Waals surface area (Å²) in [5.74, 6) is 1.29. The minimum Gasteiger partial charge on any atom is -0.395 e. The van der Waals surface area contributed by atoms with Crippen molar-refractivity contribution in [2.45, 2.75) is 14.0 Å². The summed E-state index contributed by atoms with van der Waals surface area (Å²) in [6.45, 7) is 15.4. The molecule has 2 aromatic carbocycles. The van der Waals surface area contributed by atoms with Gasteiger partial charge in [0, 0.05) is 32.7 Å². The lowest BCUT2D eigenvalue weighted by atomic mass is 10.1. The number of aldehydes is 1. The number of carbonyl (C=O) groups excluding carboxylic acids is 1. The summed E-state index contributed by atoms with van der Waals surface area (Å²) >= 11 is 0. The Morgan fingerprint density at radius 3 is 1.65 bits per heavy atom. The van der Waals surface area contributed by atoms with Crippen molar-refractivity contribution in [3.05, 3.63) is 130 Å². The highest BCUT2D eigenvalue weighted by molar-refractivity contribution is 5.84. The zero-order valence-corrected chi connectivity index (χ0v) is 25.9. The van der Waals surface area contributed by atoms with Crippen LogP contribution in [0, 0.1) is 35.8 Å². The number of aromatic nitrogens is 4. The van der Waals surface area contributed by atoms with Crippen molar-refractivity contribution in [3.8, 4) is 12.1 Å². The Morgan fingerprint density at radius 1 is 0.792 bits per heavy atom. The number of nitrogens with zero attached hydrogens (tertiary/aromatic N) is 10. The summed E-state index contributed by atoms with van der Waals surface area (Å²) in [4.78, 5) is 36.9. The van der Waals surface area contributed by atoms with E-state index in [0.717, 1.165) is 11.1 Å². The molecule has 0 aliphatic heterocycles. The average Bonchev–Trinajstić information content (AvgIpc) is 3.12. The molecule has 0 saturated heterocycles. The van der Waals surface area contributed by atoms with Crippen LogP contribution in [-0.4, -0.2) is 76.8 Å². The molecule has 0 aliphatic carbocycles. The van der Waals surface area contributed by atoms with Crippen LogP contribution in [-0.2, 0) is 6.54 Å². The summed E-state index contributed by atoms with van der Waals surface area (Å²) in [6.07, 6.45) is 8.37. The number of carbonyl (C=O) groups is 1. The van der Waals surface area contributed by atoms with E-state index < -0.39 is 0 Å². The third-order valence-corrected chi connectivity index (χ3v) is 6.15. The van der Waals surface area contributed by atoms with Gasteiger partial charge in [-0.25, -0.2) is 26.4 Å². The standard InChI is InChI=1S/C17H15N5O.C9H6N2.C8H11N3O2.CH4/c1-19-16(14-5-3-13(10-18)4-6-14)9-15-11-21-17(12-20-15)22(2)7-8-23;1-11-7-9-4-2-8(6-10)3-5-9;1-11(2-3-12)8-5-9-7(6-13)4-10-8;/h3-6,9,11-12,23H,7-8H2,2H3;2-5H,7H2;4-6,12H,2-3H2,1H3;1H4/b16-9-;;;. The van der Waals surface area contributed by atoms with Crippen molar-refractivity contribution in [2.24, 2.45) is 0 Å². The summed E-state index contributed by atoms with van der Waals surface area (Å²) in [7, 11) is 3.61. The molecule has 2 aromatic heterocycles. The van der Waals surface area contributed by atoms with Crippen LogP contribution in [0.5, 0.6) is 0 Å². The molecule has 0 atom stereocenters. The Labute approximate surface area is 281 Å². The van der Waals surface area contributed by atoms with E-state index in [9.17, 15) is 4.79 Å². The number of nitriles is 2. The van der Waals surface area contributed by atoms with Crippen LogP contribution >= 0.6 is 0 Å². The molecule has 13 heteroatoms. The van der Waals surface area contributed by atoms with Crippen LogP contribution in [0.25, 0.3) is 21.5 Å². The monoisotopic (exact) mass is 644 g/mol. The second-order valence-corrected chi connectivity index (χ2v) is 9.46. The van der Waals surface area contributed by atoms with E-state index in [1.807, 2.05) is 19.2 Å². The molecule has 0 spiro atoms. The average molecular weight is 645 g/mol. The molecule has 0 fully saturated rings. The van der Waals surface area contributed by atoms with Crippen LogP contribution in [0.1, 0.15) is 45.9 Å². The number of aliphatic hydroxyl groups is 2. The molecule has 4 aromatic rings. The quantitative estimate of drug-likeness (QED) is 0.184. The van der Waals surface area contributed by atoms with Crippen LogP contribution < -0.4 is 9.80 Å². The van der Waals surface area contributed by atoms with Gasteiger partial charge in [0.05, 0.1) is 73.5 Å². The lowest BCUT2D eigenvalue weighted by Gasteiger charge is -2.15.